The fraction of sp³-hybridized carbons (Fsp3) is 0.400. The molecule has 2 aromatic rings. The Kier molecular flexibility index (Phi) is 4.50. The molecule has 0 saturated heterocycles. The summed E-state index contributed by atoms with van der Waals surface area (Å²) in [5.74, 6) is 0. The first-order chi connectivity index (χ1) is 8.69. The van der Waals surface area contributed by atoms with E-state index in [2.05, 4.69) is 54.7 Å². The van der Waals surface area contributed by atoms with Crippen LogP contribution in [0.25, 0.3) is 0 Å². The topological polar surface area (TPSA) is 24.9 Å². The number of thiazole rings is 1. The largest absolute Gasteiger partial charge is 0.309 e. The average molecular weight is 260 g/mol. The van der Waals surface area contributed by atoms with Crippen molar-refractivity contribution >= 4 is 11.3 Å². The molecule has 2 nitrogen and oxygen atoms in total. The zero-order valence-corrected chi connectivity index (χ0v) is 12.1. The summed E-state index contributed by atoms with van der Waals surface area (Å²) >= 11 is 1.66. The van der Waals surface area contributed by atoms with E-state index < -0.39 is 0 Å². The number of nitrogens with one attached hydrogen (secondary N) is 1. The quantitative estimate of drug-likeness (QED) is 0.887. The van der Waals surface area contributed by atoms with Crippen molar-refractivity contribution in [1.82, 2.24) is 10.3 Å². The molecule has 2 rings (SSSR count). The van der Waals surface area contributed by atoms with E-state index in [0.29, 0.717) is 6.04 Å². The van der Waals surface area contributed by atoms with E-state index in [1.165, 1.54) is 16.7 Å². The number of nitrogens with zero attached hydrogens (tertiary/aromatic N) is 1. The van der Waals surface area contributed by atoms with Gasteiger partial charge in [-0.25, -0.2) is 4.98 Å². The van der Waals surface area contributed by atoms with Crippen molar-refractivity contribution < 1.29 is 0 Å². The Morgan fingerprint density at radius 3 is 2.50 bits per heavy atom. The predicted molar refractivity (Wildman–Crippen MR) is 78.2 cm³/mol. The lowest BCUT2D eigenvalue weighted by Crippen LogP contribution is -2.23. The maximum Gasteiger partial charge on any atom is 0.0795 e. The third kappa shape index (κ3) is 3.40. The number of hydrogen-bond acceptors (Lipinski definition) is 3. The molecule has 0 aliphatic carbocycles. The monoisotopic (exact) mass is 260 g/mol. The molecule has 0 spiro atoms. The molecule has 1 aromatic heterocycles. The maximum atomic E-state index is 4.43. The van der Waals surface area contributed by atoms with Gasteiger partial charge in [0.1, 0.15) is 0 Å². The highest BCUT2D eigenvalue weighted by Crippen LogP contribution is 2.20. The Hall–Kier alpha value is -1.19. The highest BCUT2D eigenvalue weighted by molar-refractivity contribution is 7.07. The van der Waals surface area contributed by atoms with Crippen molar-refractivity contribution in [3.05, 3.63) is 51.5 Å². The summed E-state index contributed by atoms with van der Waals surface area (Å²) in [6, 6.07) is 7.07. The normalized spacial score (nSPS) is 12.6. The lowest BCUT2D eigenvalue weighted by molar-refractivity contribution is 0.539. The van der Waals surface area contributed by atoms with Crippen LogP contribution < -0.4 is 5.32 Å². The van der Waals surface area contributed by atoms with Crippen LogP contribution in [0.4, 0.5) is 0 Å². The van der Waals surface area contributed by atoms with E-state index in [9.17, 15) is 0 Å². The Balaban J connectivity index is 2.18. The number of hydrogen-bond donors (Lipinski definition) is 1. The summed E-state index contributed by atoms with van der Waals surface area (Å²) in [4.78, 5) is 4.43. The van der Waals surface area contributed by atoms with Crippen LogP contribution in [0.2, 0.25) is 0 Å². The van der Waals surface area contributed by atoms with Gasteiger partial charge in [-0.3, -0.25) is 0 Å². The molecule has 0 bridgehead atoms. The molecule has 0 fully saturated rings. The fourth-order valence-corrected chi connectivity index (χ4v) is 2.95. The zero-order chi connectivity index (χ0) is 13.0. The molecule has 96 valence electrons. The molecule has 0 radical (unpaired) electrons. The van der Waals surface area contributed by atoms with Crippen LogP contribution in [0, 0.1) is 13.8 Å². The second-order valence-corrected chi connectivity index (χ2v) is 5.44. The summed E-state index contributed by atoms with van der Waals surface area (Å²) in [7, 11) is 0. The number of likely N-dealkylation sites (N-methyl/N-ethyl adjacent to an activating group) is 1. The Morgan fingerprint density at radius 1 is 1.22 bits per heavy atom. The zero-order valence-electron chi connectivity index (χ0n) is 11.2. The minimum atomic E-state index is 0.322. The standard InChI is InChI=1S/C15H20N2S/c1-4-16-14(15-9-18-10-17-15)8-13-6-11(2)5-12(3)7-13/h5-7,9-10,14,16H,4,8H2,1-3H3. The van der Waals surface area contributed by atoms with Crippen LogP contribution in [0.3, 0.4) is 0 Å². The molecule has 1 atom stereocenters. The van der Waals surface area contributed by atoms with Crippen LogP contribution in [-0.4, -0.2) is 11.5 Å². The van der Waals surface area contributed by atoms with Gasteiger partial charge in [0.2, 0.25) is 0 Å². The van der Waals surface area contributed by atoms with Crippen molar-refractivity contribution in [3.63, 3.8) is 0 Å². The lowest BCUT2D eigenvalue weighted by atomic mass is 10.00. The van der Waals surface area contributed by atoms with E-state index in [4.69, 9.17) is 0 Å². The van der Waals surface area contributed by atoms with E-state index in [0.717, 1.165) is 18.7 Å². The van der Waals surface area contributed by atoms with Crippen molar-refractivity contribution in [1.29, 1.82) is 0 Å². The first-order valence-electron chi connectivity index (χ1n) is 6.37. The third-order valence-corrected chi connectivity index (χ3v) is 3.58. The van der Waals surface area contributed by atoms with Crippen molar-refractivity contribution in [3.8, 4) is 0 Å². The van der Waals surface area contributed by atoms with Gasteiger partial charge in [-0.2, -0.15) is 0 Å². The minimum Gasteiger partial charge on any atom is -0.309 e. The minimum absolute atomic E-state index is 0.322. The lowest BCUT2D eigenvalue weighted by Gasteiger charge is -2.16. The van der Waals surface area contributed by atoms with Gasteiger partial charge in [-0.05, 0) is 32.4 Å². The van der Waals surface area contributed by atoms with Gasteiger partial charge in [0.15, 0.2) is 0 Å². The number of benzene rings is 1. The van der Waals surface area contributed by atoms with Gasteiger partial charge in [0.05, 0.1) is 17.2 Å². The van der Waals surface area contributed by atoms with Gasteiger partial charge < -0.3 is 5.32 Å². The summed E-state index contributed by atoms with van der Waals surface area (Å²) < 4.78 is 0. The first-order valence-corrected chi connectivity index (χ1v) is 7.32. The van der Waals surface area contributed by atoms with Crippen molar-refractivity contribution in [2.75, 3.05) is 6.54 Å². The molecular weight excluding hydrogens is 240 g/mol. The number of rotatable bonds is 5. The van der Waals surface area contributed by atoms with E-state index in [1.807, 2.05) is 5.51 Å². The van der Waals surface area contributed by atoms with Crippen LogP contribution in [-0.2, 0) is 6.42 Å². The SMILES string of the molecule is CCNC(Cc1cc(C)cc(C)c1)c1cscn1. The highest BCUT2D eigenvalue weighted by atomic mass is 32.1. The van der Waals surface area contributed by atoms with Crippen LogP contribution in [0.1, 0.15) is 35.3 Å². The predicted octanol–water partition coefficient (Wildman–Crippen LogP) is 3.65. The highest BCUT2D eigenvalue weighted by Gasteiger charge is 2.13. The van der Waals surface area contributed by atoms with Crippen LogP contribution in [0.5, 0.6) is 0 Å². The first kappa shape index (κ1) is 13.2. The molecule has 1 N–H and O–H groups in total. The molecule has 1 heterocycles. The third-order valence-electron chi connectivity index (χ3n) is 2.98. The van der Waals surface area contributed by atoms with Crippen LogP contribution >= 0.6 is 11.3 Å². The molecular formula is C15H20N2S. The van der Waals surface area contributed by atoms with Gasteiger partial charge >= 0.3 is 0 Å². The summed E-state index contributed by atoms with van der Waals surface area (Å²) in [5, 5.41) is 5.65. The molecule has 0 aliphatic rings. The number of aryl methyl sites for hydroxylation is 2. The maximum absolute atomic E-state index is 4.43. The van der Waals surface area contributed by atoms with E-state index in [-0.39, 0.29) is 0 Å². The second kappa shape index (κ2) is 6.12. The molecule has 0 aliphatic heterocycles. The fourth-order valence-electron chi connectivity index (χ4n) is 2.34. The van der Waals surface area contributed by atoms with Crippen LogP contribution in [0.15, 0.2) is 29.1 Å². The molecule has 3 heteroatoms. The average Bonchev–Trinajstić information content (AvgIpc) is 2.80. The Morgan fingerprint density at radius 2 is 1.94 bits per heavy atom. The Bertz CT molecular complexity index is 471. The number of aromatic nitrogens is 1. The molecule has 1 aromatic carbocycles. The molecule has 1 unspecified atom stereocenters. The summed E-state index contributed by atoms with van der Waals surface area (Å²) in [5.41, 5.74) is 7.10. The van der Waals surface area contributed by atoms with Gasteiger partial charge in [-0.1, -0.05) is 36.2 Å². The van der Waals surface area contributed by atoms with Gasteiger partial charge in [0, 0.05) is 5.38 Å². The smallest absolute Gasteiger partial charge is 0.0795 e. The van der Waals surface area contributed by atoms with Crippen molar-refractivity contribution in [2.45, 2.75) is 33.2 Å². The summed E-state index contributed by atoms with van der Waals surface area (Å²) in [6.45, 7) is 7.41. The van der Waals surface area contributed by atoms with Crippen molar-refractivity contribution in [2.24, 2.45) is 0 Å². The van der Waals surface area contributed by atoms with Gasteiger partial charge in [0.25, 0.3) is 0 Å². The Labute approximate surface area is 113 Å². The molecule has 0 saturated carbocycles. The van der Waals surface area contributed by atoms with E-state index >= 15 is 0 Å². The van der Waals surface area contributed by atoms with Gasteiger partial charge in [-0.15, -0.1) is 11.3 Å². The van der Waals surface area contributed by atoms with E-state index in [1.54, 1.807) is 11.3 Å². The summed E-state index contributed by atoms with van der Waals surface area (Å²) in [6.07, 6.45) is 1.00. The molecule has 0 amide bonds. The molecule has 18 heavy (non-hydrogen) atoms. The second-order valence-electron chi connectivity index (χ2n) is 4.72.